The molecule has 0 heterocycles. The summed E-state index contributed by atoms with van der Waals surface area (Å²) in [6.45, 7) is 0. The lowest BCUT2D eigenvalue weighted by atomic mass is 10.3. The van der Waals surface area contributed by atoms with Crippen molar-refractivity contribution >= 4 is 0 Å². The molecule has 1 N–H and O–H groups in total. The predicted molar refractivity (Wildman–Crippen MR) is 39.3 cm³/mol. The molecule has 0 aliphatic heterocycles. The van der Waals surface area contributed by atoms with E-state index in [1.54, 1.807) is 24.3 Å². The molecule has 3 nitrogen and oxygen atoms in total. The Kier molecular flexibility index (Phi) is 5.01. The minimum Gasteiger partial charge on any atom is -0.508 e. The lowest BCUT2D eigenvalue weighted by molar-refractivity contribution is 0.475. The molecule has 1 aromatic rings. The molecule has 0 amide bonds. The lowest BCUT2D eigenvalue weighted by Gasteiger charge is -1.82. The molecule has 1 aromatic carbocycles. The van der Waals surface area contributed by atoms with Crippen molar-refractivity contribution in [2.75, 3.05) is 0 Å². The highest BCUT2D eigenvalue weighted by Crippen LogP contribution is 2.02. The maximum Gasteiger partial charge on any atom is 0.181 e. The number of para-hydroxylation sites is 1. The summed E-state index contributed by atoms with van der Waals surface area (Å²) < 4.78 is 0. The first kappa shape index (κ1) is 9.00. The van der Waals surface area contributed by atoms with Gasteiger partial charge in [0.05, 0.1) is 0 Å². The third kappa shape index (κ3) is 5.88. The Labute approximate surface area is 64.7 Å². The summed E-state index contributed by atoms with van der Waals surface area (Å²) in [7, 11) is 0. The predicted octanol–water partition coefficient (Wildman–Crippen LogP) is 1.43. The minimum absolute atomic E-state index is 0.322. The van der Waals surface area contributed by atoms with E-state index < -0.39 is 0 Å². The number of phenols is 1. The van der Waals surface area contributed by atoms with E-state index in [0.717, 1.165) is 0 Å². The Morgan fingerprint density at radius 3 is 1.64 bits per heavy atom. The molecule has 0 spiro atoms. The molecular weight excluding hydrogens is 140 g/mol. The van der Waals surface area contributed by atoms with Crippen LogP contribution in [-0.2, 0) is 0 Å². The molecule has 11 heavy (non-hydrogen) atoms. The highest BCUT2D eigenvalue weighted by molar-refractivity contribution is 5.18. The van der Waals surface area contributed by atoms with Gasteiger partial charge >= 0.3 is 0 Å². The van der Waals surface area contributed by atoms with Gasteiger partial charge in [0, 0.05) is 0 Å². The van der Waals surface area contributed by atoms with Crippen molar-refractivity contribution in [3.8, 4) is 17.9 Å². The molecule has 1 rings (SSSR count). The van der Waals surface area contributed by atoms with Gasteiger partial charge in [-0.05, 0) is 12.1 Å². The smallest absolute Gasteiger partial charge is 0.181 e. The minimum atomic E-state index is 0.322. The Morgan fingerprint density at radius 1 is 1.00 bits per heavy atom. The number of aromatic hydroxyl groups is 1. The Morgan fingerprint density at radius 2 is 1.45 bits per heavy atom. The highest BCUT2D eigenvalue weighted by atomic mass is 16.3. The molecule has 0 unspecified atom stereocenters. The zero-order chi connectivity index (χ0) is 8.53. The van der Waals surface area contributed by atoms with Gasteiger partial charge < -0.3 is 5.11 Å². The number of phenolic OH excluding ortho intramolecular Hbond substituents is 1. The SMILES string of the molecule is N#CC#N.Oc1ccccc1. The zero-order valence-corrected chi connectivity index (χ0v) is 5.73. The van der Waals surface area contributed by atoms with Crippen LogP contribution in [-0.4, -0.2) is 5.11 Å². The van der Waals surface area contributed by atoms with Crippen molar-refractivity contribution in [1.29, 1.82) is 10.5 Å². The van der Waals surface area contributed by atoms with Gasteiger partial charge in [-0.1, -0.05) is 18.2 Å². The topological polar surface area (TPSA) is 67.8 Å². The number of nitrogens with zero attached hydrogens (tertiary/aromatic N) is 2. The molecule has 0 bridgehead atoms. The third-order valence-electron chi connectivity index (χ3n) is 0.806. The van der Waals surface area contributed by atoms with Gasteiger partial charge in [0.2, 0.25) is 0 Å². The summed E-state index contributed by atoms with van der Waals surface area (Å²) in [5.74, 6) is 0.322. The van der Waals surface area contributed by atoms with Crippen LogP contribution in [0.25, 0.3) is 0 Å². The van der Waals surface area contributed by atoms with Gasteiger partial charge in [-0.15, -0.1) is 0 Å². The summed E-state index contributed by atoms with van der Waals surface area (Å²) in [6, 6.07) is 11.2. The van der Waals surface area contributed by atoms with Crippen molar-refractivity contribution in [3.05, 3.63) is 30.3 Å². The van der Waals surface area contributed by atoms with Crippen LogP contribution in [0.15, 0.2) is 30.3 Å². The van der Waals surface area contributed by atoms with E-state index in [-0.39, 0.29) is 0 Å². The van der Waals surface area contributed by atoms with Crippen molar-refractivity contribution in [1.82, 2.24) is 0 Å². The van der Waals surface area contributed by atoms with Gasteiger partial charge in [0.25, 0.3) is 0 Å². The van der Waals surface area contributed by atoms with Gasteiger partial charge in [-0.25, -0.2) is 0 Å². The van der Waals surface area contributed by atoms with Gasteiger partial charge in [0.15, 0.2) is 12.1 Å². The van der Waals surface area contributed by atoms with Crippen molar-refractivity contribution < 1.29 is 5.11 Å². The number of hydrogen-bond donors (Lipinski definition) is 1. The Hall–Kier alpha value is -2.00. The molecule has 0 aliphatic rings. The zero-order valence-electron chi connectivity index (χ0n) is 5.73. The normalized spacial score (nSPS) is 6.36. The first-order chi connectivity index (χ1) is 5.31. The summed E-state index contributed by atoms with van der Waals surface area (Å²) in [4.78, 5) is 0. The summed E-state index contributed by atoms with van der Waals surface area (Å²) >= 11 is 0. The Bertz CT molecular complexity index is 256. The monoisotopic (exact) mass is 146 g/mol. The maximum atomic E-state index is 8.63. The molecule has 0 radical (unpaired) electrons. The first-order valence-electron chi connectivity index (χ1n) is 2.83. The Balaban J connectivity index is 0.000000218. The second-order valence-corrected chi connectivity index (χ2v) is 1.56. The van der Waals surface area contributed by atoms with E-state index >= 15 is 0 Å². The van der Waals surface area contributed by atoms with Crippen LogP contribution in [0.4, 0.5) is 0 Å². The second-order valence-electron chi connectivity index (χ2n) is 1.56. The fourth-order valence-corrected chi connectivity index (χ4v) is 0.428. The highest BCUT2D eigenvalue weighted by Gasteiger charge is 1.74. The van der Waals surface area contributed by atoms with Gasteiger partial charge in [0.1, 0.15) is 5.75 Å². The van der Waals surface area contributed by atoms with E-state index in [9.17, 15) is 0 Å². The molecule has 0 aromatic heterocycles. The van der Waals surface area contributed by atoms with E-state index in [1.807, 2.05) is 6.07 Å². The molecular formula is C8H6N2O. The van der Waals surface area contributed by atoms with E-state index in [0.29, 0.717) is 5.75 Å². The molecule has 0 saturated heterocycles. The average Bonchev–Trinajstić information content (AvgIpc) is 2.07. The van der Waals surface area contributed by atoms with Crippen LogP contribution >= 0.6 is 0 Å². The number of benzene rings is 1. The quantitative estimate of drug-likeness (QED) is 0.601. The molecule has 54 valence electrons. The molecule has 0 fully saturated rings. The van der Waals surface area contributed by atoms with E-state index in [4.69, 9.17) is 15.6 Å². The van der Waals surface area contributed by atoms with Crippen LogP contribution in [0.1, 0.15) is 0 Å². The van der Waals surface area contributed by atoms with Crippen LogP contribution in [0.2, 0.25) is 0 Å². The molecule has 0 saturated carbocycles. The van der Waals surface area contributed by atoms with Gasteiger partial charge in [-0.3, -0.25) is 0 Å². The number of hydrogen-bond acceptors (Lipinski definition) is 3. The summed E-state index contributed by atoms with van der Waals surface area (Å²) in [5.41, 5.74) is 0. The van der Waals surface area contributed by atoms with Crippen molar-refractivity contribution in [2.45, 2.75) is 0 Å². The fourth-order valence-electron chi connectivity index (χ4n) is 0.428. The second kappa shape index (κ2) is 6.12. The molecule has 3 heteroatoms. The first-order valence-corrected chi connectivity index (χ1v) is 2.83. The fraction of sp³-hybridized carbons (Fsp3) is 0. The number of rotatable bonds is 0. The van der Waals surface area contributed by atoms with Crippen LogP contribution in [0.3, 0.4) is 0 Å². The molecule has 0 aliphatic carbocycles. The summed E-state index contributed by atoms with van der Waals surface area (Å²) in [6.07, 6.45) is 0. The third-order valence-corrected chi connectivity index (χ3v) is 0.806. The van der Waals surface area contributed by atoms with Crippen molar-refractivity contribution in [3.63, 3.8) is 0 Å². The van der Waals surface area contributed by atoms with E-state index in [1.165, 1.54) is 12.1 Å². The van der Waals surface area contributed by atoms with Crippen LogP contribution < -0.4 is 0 Å². The van der Waals surface area contributed by atoms with Crippen LogP contribution in [0.5, 0.6) is 5.75 Å². The van der Waals surface area contributed by atoms with E-state index in [2.05, 4.69) is 0 Å². The summed E-state index contributed by atoms with van der Waals surface area (Å²) in [5, 5.41) is 23.2. The maximum absolute atomic E-state index is 8.63. The standard InChI is InChI=1S/C6H6O.C2N2/c7-6-4-2-1-3-5-6;3-1-2-4/h1-5,7H;. The lowest BCUT2D eigenvalue weighted by Crippen LogP contribution is -1.56. The average molecular weight is 146 g/mol. The number of nitriles is 2. The van der Waals surface area contributed by atoms with Crippen LogP contribution in [0, 0.1) is 22.7 Å². The largest absolute Gasteiger partial charge is 0.508 e. The van der Waals surface area contributed by atoms with Gasteiger partial charge in [-0.2, -0.15) is 10.5 Å². The molecule has 0 atom stereocenters. The van der Waals surface area contributed by atoms with Crippen molar-refractivity contribution in [2.24, 2.45) is 0 Å².